The Bertz CT molecular complexity index is 2890. The number of hydrogen-bond acceptors (Lipinski definition) is 17. The van der Waals surface area contributed by atoms with E-state index in [1.807, 2.05) is 6.07 Å². The lowest BCUT2D eigenvalue weighted by molar-refractivity contribution is -0.422. The van der Waals surface area contributed by atoms with Crippen LogP contribution in [0, 0.1) is 17.8 Å². The van der Waals surface area contributed by atoms with Crippen molar-refractivity contribution in [3.63, 3.8) is 0 Å². The van der Waals surface area contributed by atoms with Gasteiger partial charge in [-0.05, 0) is 105 Å². The second kappa shape index (κ2) is 20.8. The highest BCUT2D eigenvalue weighted by atomic mass is 16.8. The van der Waals surface area contributed by atoms with E-state index in [1.54, 1.807) is 18.3 Å². The number of carbonyl (C=O) groups is 2. The molecule has 22 nitrogen and oxygen atoms in total. The van der Waals surface area contributed by atoms with Gasteiger partial charge in [-0.3, -0.25) is 14.7 Å². The first-order valence-corrected chi connectivity index (χ1v) is 25.1. The molecule has 1 aromatic heterocycles. The van der Waals surface area contributed by atoms with Gasteiger partial charge in [0.25, 0.3) is 5.91 Å². The Morgan fingerprint density at radius 3 is 2.47 bits per heavy atom. The first kappa shape index (κ1) is 53.1. The van der Waals surface area contributed by atoms with Crippen LogP contribution in [0.2, 0.25) is 0 Å². The van der Waals surface area contributed by atoms with E-state index < -0.39 is 108 Å². The molecule has 1 saturated carbocycles. The fraction of sp³-hybridized carbons (Fsp3) is 0.472. The van der Waals surface area contributed by atoms with Gasteiger partial charge in [-0.2, -0.15) is 0 Å². The molecule has 0 radical (unpaired) electrons. The lowest BCUT2D eigenvalue weighted by Crippen LogP contribution is -2.67. The lowest BCUT2D eigenvalue weighted by atomic mass is 9.45. The summed E-state index contributed by atoms with van der Waals surface area (Å²) in [5, 5.41) is 137. The van der Waals surface area contributed by atoms with Gasteiger partial charge in [0.15, 0.2) is 29.1 Å². The summed E-state index contributed by atoms with van der Waals surface area (Å²) in [5.74, 6) is -12.9. The minimum absolute atomic E-state index is 0.0193. The number of benzene rings is 3. The number of ether oxygens (including phenoxy) is 2. The molecule has 1 amide bonds. The maximum Gasteiger partial charge on any atom is 0.355 e. The van der Waals surface area contributed by atoms with Gasteiger partial charge in [0.2, 0.25) is 5.75 Å². The van der Waals surface area contributed by atoms with Crippen molar-refractivity contribution < 1.29 is 80.3 Å². The monoisotopic (exact) mass is 1040 g/mol. The number of aryl methyl sites for hydroxylation is 1. The van der Waals surface area contributed by atoms with Crippen molar-refractivity contribution in [2.75, 3.05) is 24.7 Å². The van der Waals surface area contributed by atoms with Gasteiger partial charge in [-0.15, -0.1) is 0 Å². The average Bonchev–Trinajstić information content (AvgIpc) is 4.11. The molecule has 22 heteroatoms. The number of amides is 1. The number of nitrogens with zero attached hydrogens (tertiary/aromatic N) is 3. The third-order valence-electron chi connectivity index (χ3n) is 16.3. The number of imidazole rings is 1. The summed E-state index contributed by atoms with van der Waals surface area (Å²) in [4.78, 5) is 42.2. The first-order chi connectivity index (χ1) is 35.8. The molecular weight excluding hydrogens is 977 g/mol. The van der Waals surface area contributed by atoms with Crippen LogP contribution in [0.3, 0.4) is 0 Å². The number of anilines is 1. The van der Waals surface area contributed by atoms with E-state index in [9.17, 15) is 66.1 Å². The van der Waals surface area contributed by atoms with Gasteiger partial charge in [0.05, 0.1) is 24.7 Å². The van der Waals surface area contributed by atoms with Crippen LogP contribution in [0.15, 0.2) is 77.7 Å². The van der Waals surface area contributed by atoms with Crippen molar-refractivity contribution in [3.05, 3.63) is 106 Å². The standard InChI is InChI=1S/C53H64N6O16/c54-50(55)57-17-3-7-33(62)14-12-28-21-51(49(71)72)43(42(28)52-30(5-2-6-31(52)23-60)13-11-27-4-1-8-36(64)41(27)52)40-34(20-37(44(66)46(40)68)74-53(73)48(70)47(69)45(67)38(24-61)75-53)59(51)39(65)16-10-26-9-15-35(63)29(18-26)19-32-22-56-25-58-32/h1,4,8-10,15-16,18,20-22,25,30-31,33,38,42-43,45,47-48,60-64,66-70,73H,2-3,5-7,11-14,17,19,23-24H2,(H,56,58)(H,71,72)(H4,54,55,57). The molecule has 12 atom stereocenters. The number of rotatable bonds is 17. The van der Waals surface area contributed by atoms with Crippen molar-refractivity contribution in [3.8, 4) is 28.7 Å². The van der Waals surface area contributed by atoms with Crippen LogP contribution in [-0.4, -0.2) is 151 Å². The summed E-state index contributed by atoms with van der Waals surface area (Å²) in [6, 6.07) is 10.6. The summed E-state index contributed by atoms with van der Waals surface area (Å²) < 4.78 is 11.0. The Hall–Kier alpha value is -6.76. The van der Waals surface area contributed by atoms with Crippen molar-refractivity contribution in [2.45, 2.75) is 118 Å². The topological polar surface area (TPSA) is 392 Å². The Kier molecular flexibility index (Phi) is 14.7. The van der Waals surface area contributed by atoms with Gasteiger partial charge < -0.3 is 87.2 Å². The third-order valence-corrected chi connectivity index (χ3v) is 16.3. The van der Waals surface area contributed by atoms with Crippen LogP contribution in [0.25, 0.3) is 6.08 Å². The smallest absolute Gasteiger partial charge is 0.355 e. The number of fused-ring (bicyclic) bond motifs is 6. The molecular formula is C53H64N6O16. The Balaban J connectivity index is 1.26. The maximum absolute atomic E-state index is 15.5. The van der Waals surface area contributed by atoms with E-state index in [4.69, 9.17) is 20.9 Å². The number of aromatic amines is 1. The zero-order chi connectivity index (χ0) is 53.7. The Morgan fingerprint density at radius 2 is 1.76 bits per heavy atom. The normalized spacial score (nSPS) is 30.2. The molecule has 2 aliphatic heterocycles. The molecule has 17 N–H and O–H groups in total. The highest BCUT2D eigenvalue weighted by Gasteiger charge is 2.71. The number of carboxylic acid groups (broad SMARTS) is 1. The number of carboxylic acids is 1. The second-order valence-corrected chi connectivity index (χ2v) is 20.4. The van der Waals surface area contributed by atoms with Gasteiger partial charge in [-0.25, -0.2) is 9.78 Å². The number of nitrogens with two attached hydrogens (primary N) is 2. The minimum atomic E-state index is -3.35. The van der Waals surface area contributed by atoms with Crippen LogP contribution in [0.4, 0.5) is 5.69 Å². The number of aromatic hydroxyl groups is 4. The number of phenolic OH excluding ortho intramolecular Hbond substituents is 4. The van der Waals surface area contributed by atoms with E-state index >= 15 is 4.79 Å². The molecule has 9 rings (SSSR count). The van der Waals surface area contributed by atoms with Crippen molar-refractivity contribution in [1.82, 2.24) is 9.97 Å². The van der Waals surface area contributed by atoms with E-state index in [-0.39, 0.29) is 66.9 Å². The molecule has 12 unspecified atom stereocenters. The first-order valence-electron chi connectivity index (χ1n) is 25.1. The summed E-state index contributed by atoms with van der Waals surface area (Å²) in [6.07, 6.45) is 1.35. The van der Waals surface area contributed by atoms with Crippen LogP contribution in [0.5, 0.6) is 28.7 Å². The van der Waals surface area contributed by atoms with Crippen LogP contribution < -0.4 is 21.1 Å². The predicted molar refractivity (Wildman–Crippen MR) is 267 cm³/mol. The highest BCUT2D eigenvalue weighted by molar-refractivity contribution is 6.13. The van der Waals surface area contributed by atoms with E-state index in [0.717, 1.165) is 22.6 Å². The fourth-order valence-corrected chi connectivity index (χ4v) is 13.1. The number of aliphatic carboxylic acids is 1. The number of H-pyrrole nitrogens is 1. The highest BCUT2D eigenvalue weighted by Crippen LogP contribution is 2.72. The van der Waals surface area contributed by atoms with E-state index in [2.05, 4.69) is 15.0 Å². The second-order valence-electron chi connectivity index (χ2n) is 20.4. The summed E-state index contributed by atoms with van der Waals surface area (Å²) >= 11 is 0. The average molecular weight is 1040 g/mol. The Morgan fingerprint density at radius 1 is 0.973 bits per heavy atom. The number of aliphatic hydroxyl groups excluding tert-OH is 6. The van der Waals surface area contributed by atoms with Crippen molar-refractivity contribution in [1.29, 1.82) is 0 Å². The van der Waals surface area contributed by atoms with E-state index in [1.165, 1.54) is 36.7 Å². The zero-order valence-electron chi connectivity index (χ0n) is 40.8. The molecule has 1 saturated heterocycles. The van der Waals surface area contributed by atoms with Crippen LogP contribution in [0.1, 0.15) is 90.8 Å². The number of guanidine groups is 1. The molecule has 3 aromatic carbocycles. The number of aliphatic hydroxyl groups is 7. The van der Waals surface area contributed by atoms with Crippen molar-refractivity contribution >= 4 is 29.6 Å². The quantitative estimate of drug-likeness (QED) is 0.0135. The maximum atomic E-state index is 15.5. The largest absolute Gasteiger partial charge is 0.508 e. The summed E-state index contributed by atoms with van der Waals surface area (Å²) in [7, 11) is 0. The number of hydrogen-bond donors (Lipinski definition) is 15. The molecule has 4 aromatic rings. The van der Waals surface area contributed by atoms with Crippen LogP contribution in [-0.2, 0) is 32.6 Å². The SMILES string of the molecule is NC(N)=NCCCC(O)CCC1=CC2(C(=O)O)C(c3c(cc(OC4(O)OC(CO)C(O)C(O)C4O)c(O)c3O)N2C(=O)C=Cc2ccc(O)c(Cc3cnc[nH]3)c2)C1C12c3c(O)cccc3CCC1CCCC2CO. The molecule has 2 fully saturated rings. The Labute approximate surface area is 430 Å². The van der Waals surface area contributed by atoms with Gasteiger partial charge in [0, 0.05) is 77.5 Å². The van der Waals surface area contributed by atoms with Gasteiger partial charge in [-0.1, -0.05) is 30.2 Å². The molecule has 402 valence electrons. The van der Waals surface area contributed by atoms with Crippen molar-refractivity contribution in [2.24, 2.45) is 34.2 Å². The molecule has 3 aliphatic carbocycles. The number of phenols is 4. The molecule has 0 spiro atoms. The molecule has 75 heavy (non-hydrogen) atoms. The molecule has 3 heterocycles. The van der Waals surface area contributed by atoms with E-state index in [0.29, 0.717) is 66.5 Å². The van der Waals surface area contributed by atoms with Gasteiger partial charge >= 0.3 is 11.9 Å². The minimum Gasteiger partial charge on any atom is -0.508 e. The number of allylic oxidation sites excluding steroid dienone is 1. The number of nitrogens with one attached hydrogen (secondary N) is 1. The number of aromatic nitrogens is 2. The lowest BCUT2D eigenvalue weighted by Gasteiger charge is -2.58. The summed E-state index contributed by atoms with van der Waals surface area (Å²) in [5.41, 5.74) is 9.77. The predicted octanol–water partition coefficient (Wildman–Crippen LogP) is 1.33. The molecule has 5 aliphatic rings. The zero-order valence-corrected chi connectivity index (χ0v) is 40.8. The fourth-order valence-electron chi connectivity index (χ4n) is 13.1. The number of aliphatic imine (C=N–C) groups is 1. The molecule has 0 bridgehead atoms. The van der Waals surface area contributed by atoms with Crippen LogP contribution >= 0.6 is 0 Å². The summed E-state index contributed by atoms with van der Waals surface area (Å²) in [6.45, 7) is -1.18. The van der Waals surface area contributed by atoms with Gasteiger partial charge in [0.1, 0.15) is 29.8 Å². The number of carbonyl (C=O) groups excluding carboxylic acids is 1. The third kappa shape index (κ3) is 9.01.